The van der Waals surface area contributed by atoms with Gasteiger partial charge in [0.25, 0.3) is 0 Å². The Morgan fingerprint density at radius 2 is 1.04 bits per heavy atom. The topological polar surface area (TPSA) is 36.9 Å². The summed E-state index contributed by atoms with van der Waals surface area (Å²) in [5, 5.41) is 0. The van der Waals surface area contributed by atoms with Crippen LogP contribution in [0, 0.1) is 0 Å². The lowest BCUT2D eigenvalue weighted by Crippen LogP contribution is -2.52. The number of hydrogen-bond donors (Lipinski definition) is 0. The summed E-state index contributed by atoms with van der Waals surface area (Å²) in [6, 6.07) is 28.2. The Hall–Kier alpha value is -3.02. The summed E-state index contributed by atoms with van der Waals surface area (Å²) in [4.78, 5) is 0. The summed E-state index contributed by atoms with van der Waals surface area (Å²) < 4.78 is 24.3. The van der Waals surface area contributed by atoms with Crippen LogP contribution in [0.4, 0.5) is 0 Å². The van der Waals surface area contributed by atoms with E-state index in [-0.39, 0.29) is 6.61 Å². The molecular weight excluding hydrogens is 356 g/mol. The summed E-state index contributed by atoms with van der Waals surface area (Å²) in [5.41, 5.74) is 1.80. The van der Waals surface area contributed by atoms with E-state index in [4.69, 9.17) is 18.6 Å². The summed E-state index contributed by atoms with van der Waals surface area (Å²) in [6.45, 7) is 3.85. The molecule has 0 amide bonds. The lowest BCUT2D eigenvalue weighted by Gasteiger charge is -2.33. The second-order valence-electron chi connectivity index (χ2n) is 5.73. The van der Waals surface area contributed by atoms with Gasteiger partial charge in [0.1, 0.15) is 17.2 Å². The molecule has 3 aromatic rings. The zero-order valence-corrected chi connectivity index (χ0v) is 16.4. The zero-order valence-electron chi connectivity index (χ0n) is 15.0. The van der Waals surface area contributed by atoms with E-state index in [0.29, 0.717) is 17.2 Å². The highest BCUT2D eigenvalue weighted by Crippen LogP contribution is 2.27. The normalized spacial score (nSPS) is 11.3. The van der Waals surface area contributed by atoms with Crippen LogP contribution in [0.15, 0.2) is 103 Å². The number of para-hydroxylation sites is 3. The van der Waals surface area contributed by atoms with Gasteiger partial charge in [0.2, 0.25) is 0 Å². The second-order valence-corrected chi connectivity index (χ2v) is 7.05. The fraction of sp³-hybridized carbons (Fsp3) is 0.0909. The summed E-state index contributed by atoms with van der Waals surface area (Å²) in [5.74, 6) is 0.384. The zero-order chi connectivity index (χ0) is 18.8. The highest BCUT2D eigenvalue weighted by molar-refractivity contribution is 6.34. The Bertz CT molecular complexity index is 708. The Morgan fingerprint density at radius 1 is 0.667 bits per heavy atom. The van der Waals surface area contributed by atoms with Gasteiger partial charge in [-0.2, -0.15) is 0 Å². The molecule has 0 heterocycles. The molecular formula is C22H22O4Si. The fourth-order valence-electron chi connectivity index (χ4n) is 2.42. The molecule has 138 valence electrons. The molecule has 27 heavy (non-hydrogen) atoms. The van der Waals surface area contributed by atoms with Crippen molar-refractivity contribution in [1.82, 2.24) is 0 Å². The average Bonchev–Trinajstić information content (AvgIpc) is 2.70. The Kier molecular flexibility index (Phi) is 6.68. The molecule has 0 saturated heterocycles. The Labute approximate surface area is 161 Å². The monoisotopic (exact) mass is 378 g/mol. The summed E-state index contributed by atoms with van der Waals surface area (Å²) in [7, 11) is -0.902. The molecule has 0 fully saturated rings. The molecule has 0 saturated carbocycles. The fourth-order valence-corrected chi connectivity index (χ4v) is 2.96. The van der Waals surface area contributed by atoms with Gasteiger partial charge in [0.15, 0.2) is 16.4 Å². The molecule has 0 spiro atoms. The first-order chi connectivity index (χ1) is 13.3. The first kappa shape index (κ1) is 18.8. The van der Waals surface area contributed by atoms with Gasteiger partial charge in [-0.25, -0.2) is 0 Å². The molecule has 0 bridgehead atoms. The van der Waals surface area contributed by atoms with Gasteiger partial charge >= 0.3 is 5.97 Å². The van der Waals surface area contributed by atoms with Crippen LogP contribution < -0.4 is 14.2 Å². The number of hydrogen-bond acceptors (Lipinski definition) is 4. The maximum Gasteiger partial charge on any atom is 0.441 e. The molecule has 0 aliphatic rings. The minimum Gasteiger partial charge on any atom is -0.419 e. The smallest absolute Gasteiger partial charge is 0.419 e. The van der Waals surface area contributed by atoms with Crippen LogP contribution in [0.25, 0.3) is 0 Å². The molecule has 0 unspecified atom stereocenters. The van der Waals surface area contributed by atoms with Crippen LogP contribution in [-0.4, -0.2) is 22.3 Å². The van der Waals surface area contributed by atoms with E-state index in [1.165, 1.54) is 0 Å². The van der Waals surface area contributed by atoms with Gasteiger partial charge in [-0.3, -0.25) is 0 Å². The predicted octanol–water partition coefficient (Wildman–Crippen LogP) is 4.12. The Morgan fingerprint density at radius 3 is 1.37 bits per heavy atom. The van der Waals surface area contributed by atoms with Gasteiger partial charge in [-0.05, 0) is 36.4 Å². The summed E-state index contributed by atoms with van der Waals surface area (Å²) >= 11 is 0. The predicted molar refractivity (Wildman–Crippen MR) is 109 cm³/mol. The second kappa shape index (κ2) is 9.61. The molecule has 0 radical (unpaired) electrons. The van der Waals surface area contributed by atoms with Crippen molar-refractivity contribution in [2.45, 2.75) is 5.97 Å². The quantitative estimate of drug-likeness (QED) is 0.302. The van der Waals surface area contributed by atoms with E-state index >= 15 is 0 Å². The van der Waals surface area contributed by atoms with E-state index in [1.807, 2.05) is 91.0 Å². The van der Waals surface area contributed by atoms with Crippen molar-refractivity contribution in [3.63, 3.8) is 0 Å². The minimum atomic E-state index is -1.47. The van der Waals surface area contributed by atoms with Crippen molar-refractivity contribution < 1.29 is 18.6 Å². The van der Waals surface area contributed by atoms with Gasteiger partial charge in [-0.1, -0.05) is 60.3 Å². The molecule has 0 aliphatic heterocycles. The molecule has 5 heteroatoms. The van der Waals surface area contributed by atoms with Gasteiger partial charge in [-0.15, -0.1) is 6.58 Å². The van der Waals surface area contributed by atoms with Gasteiger partial charge in [0, 0.05) is 0 Å². The van der Waals surface area contributed by atoms with Crippen LogP contribution in [-0.2, 0) is 4.43 Å². The standard InChI is InChI=1S/C22H22O4Si/c1-2-27-23-18-22(24-19-12-6-3-7-13-19,25-20-14-8-4-9-15-20)26-21-16-10-5-11-17-21/h2-17H,1,18,27H2. The van der Waals surface area contributed by atoms with Crippen molar-refractivity contribution in [3.8, 4) is 17.2 Å². The largest absolute Gasteiger partial charge is 0.441 e. The van der Waals surface area contributed by atoms with E-state index in [9.17, 15) is 0 Å². The van der Waals surface area contributed by atoms with Crippen LogP contribution in [0.2, 0.25) is 0 Å². The maximum absolute atomic E-state index is 6.18. The number of rotatable bonds is 10. The third-order valence-electron chi connectivity index (χ3n) is 3.56. The molecule has 3 aromatic carbocycles. The number of ether oxygens (including phenoxy) is 3. The minimum absolute atomic E-state index is 0.101. The van der Waals surface area contributed by atoms with Crippen molar-refractivity contribution in [2.75, 3.05) is 6.61 Å². The van der Waals surface area contributed by atoms with E-state index in [1.54, 1.807) is 5.70 Å². The molecule has 0 aliphatic carbocycles. The highest BCUT2D eigenvalue weighted by Gasteiger charge is 2.39. The lowest BCUT2D eigenvalue weighted by molar-refractivity contribution is -0.266. The first-order valence-electron chi connectivity index (χ1n) is 8.70. The van der Waals surface area contributed by atoms with Crippen molar-refractivity contribution in [3.05, 3.63) is 103 Å². The van der Waals surface area contributed by atoms with Crippen LogP contribution >= 0.6 is 0 Å². The molecule has 0 N–H and O–H groups in total. The Balaban J connectivity index is 1.94. The SMILES string of the molecule is C=C[SiH2]OCC(Oc1ccccc1)(Oc1ccccc1)Oc1ccccc1. The van der Waals surface area contributed by atoms with Crippen LogP contribution in [0.1, 0.15) is 0 Å². The van der Waals surface area contributed by atoms with Gasteiger partial charge < -0.3 is 18.6 Å². The van der Waals surface area contributed by atoms with Crippen molar-refractivity contribution >= 4 is 9.76 Å². The third-order valence-corrected chi connectivity index (χ3v) is 4.24. The lowest BCUT2D eigenvalue weighted by atomic mass is 10.3. The maximum atomic E-state index is 6.18. The van der Waals surface area contributed by atoms with E-state index in [2.05, 4.69) is 6.58 Å². The van der Waals surface area contributed by atoms with Crippen LogP contribution in [0.3, 0.4) is 0 Å². The molecule has 4 nitrogen and oxygen atoms in total. The molecule has 3 rings (SSSR count). The van der Waals surface area contributed by atoms with E-state index < -0.39 is 15.7 Å². The third kappa shape index (κ3) is 5.74. The van der Waals surface area contributed by atoms with Gasteiger partial charge in [0.05, 0.1) is 0 Å². The van der Waals surface area contributed by atoms with Crippen LogP contribution in [0.5, 0.6) is 17.2 Å². The molecule has 0 atom stereocenters. The summed E-state index contributed by atoms with van der Waals surface area (Å²) in [6.07, 6.45) is 0. The van der Waals surface area contributed by atoms with Crippen molar-refractivity contribution in [1.29, 1.82) is 0 Å². The average molecular weight is 379 g/mol. The van der Waals surface area contributed by atoms with Crippen molar-refractivity contribution in [2.24, 2.45) is 0 Å². The number of benzene rings is 3. The first-order valence-corrected chi connectivity index (χ1v) is 10.1. The van der Waals surface area contributed by atoms with E-state index in [0.717, 1.165) is 0 Å². The molecule has 0 aromatic heterocycles. The highest BCUT2D eigenvalue weighted by atomic mass is 28.2.